The quantitative estimate of drug-likeness (QED) is 0.841. The van der Waals surface area contributed by atoms with Gasteiger partial charge in [-0.05, 0) is 37.3 Å². The third-order valence-corrected chi connectivity index (χ3v) is 3.21. The number of halogens is 1. The number of aryl methyl sites for hydroxylation is 1. The summed E-state index contributed by atoms with van der Waals surface area (Å²) < 4.78 is 1.94. The van der Waals surface area contributed by atoms with Crippen LogP contribution >= 0.6 is 11.6 Å². The van der Waals surface area contributed by atoms with Gasteiger partial charge in [-0.3, -0.25) is 4.79 Å². The van der Waals surface area contributed by atoms with Gasteiger partial charge in [0.15, 0.2) is 0 Å². The van der Waals surface area contributed by atoms with Crippen molar-refractivity contribution in [1.82, 2.24) is 9.55 Å². The van der Waals surface area contributed by atoms with Crippen LogP contribution in [0.25, 0.3) is 0 Å². The van der Waals surface area contributed by atoms with E-state index in [0.29, 0.717) is 11.8 Å². The van der Waals surface area contributed by atoms with E-state index in [1.807, 2.05) is 11.5 Å². The second-order valence-electron chi connectivity index (χ2n) is 4.03. The Morgan fingerprint density at radius 2 is 2.47 bits per heavy atom. The van der Waals surface area contributed by atoms with Crippen LogP contribution in [0.1, 0.15) is 24.2 Å². The molecule has 2 rings (SSSR count). The van der Waals surface area contributed by atoms with Crippen molar-refractivity contribution in [2.75, 3.05) is 0 Å². The standard InChI is InChI=1S/C10H13ClN2O2/c1-6-8-3-2-7(4-9(14)15)5-13(8)10(11)12-6/h7H,2-5H2,1H3,(H,14,15). The molecule has 82 valence electrons. The summed E-state index contributed by atoms with van der Waals surface area (Å²) in [6.07, 6.45) is 2.01. The minimum atomic E-state index is -0.739. The van der Waals surface area contributed by atoms with Crippen molar-refractivity contribution in [1.29, 1.82) is 0 Å². The van der Waals surface area contributed by atoms with Crippen LogP contribution in [0.3, 0.4) is 0 Å². The molecule has 0 saturated carbocycles. The van der Waals surface area contributed by atoms with Gasteiger partial charge in [0.2, 0.25) is 5.28 Å². The van der Waals surface area contributed by atoms with E-state index in [4.69, 9.17) is 16.7 Å². The highest BCUT2D eigenvalue weighted by molar-refractivity contribution is 6.28. The van der Waals surface area contributed by atoms with Crippen molar-refractivity contribution in [3.05, 3.63) is 16.7 Å². The molecule has 15 heavy (non-hydrogen) atoms. The maximum absolute atomic E-state index is 10.6. The Labute approximate surface area is 92.9 Å². The lowest BCUT2D eigenvalue weighted by atomic mass is 9.94. The number of hydrogen-bond donors (Lipinski definition) is 1. The van der Waals surface area contributed by atoms with Gasteiger partial charge in [0.05, 0.1) is 5.69 Å². The predicted molar refractivity (Wildman–Crippen MR) is 56.0 cm³/mol. The first kappa shape index (κ1) is 10.5. The Morgan fingerprint density at radius 3 is 3.13 bits per heavy atom. The van der Waals surface area contributed by atoms with Crippen molar-refractivity contribution in [2.24, 2.45) is 5.92 Å². The molecule has 0 saturated heterocycles. The second-order valence-corrected chi connectivity index (χ2v) is 4.36. The van der Waals surface area contributed by atoms with E-state index in [2.05, 4.69) is 4.98 Å². The average molecular weight is 229 g/mol. The van der Waals surface area contributed by atoms with E-state index >= 15 is 0 Å². The van der Waals surface area contributed by atoms with Gasteiger partial charge in [0.1, 0.15) is 0 Å². The molecule has 0 aromatic carbocycles. The number of nitrogens with zero attached hydrogens (tertiary/aromatic N) is 2. The summed E-state index contributed by atoms with van der Waals surface area (Å²) >= 11 is 5.97. The van der Waals surface area contributed by atoms with Crippen LogP contribution in [0.4, 0.5) is 0 Å². The first-order valence-corrected chi connectivity index (χ1v) is 5.39. The lowest BCUT2D eigenvalue weighted by Crippen LogP contribution is -2.22. The maximum atomic E-state index is 10.6. The lowest BCUT2D eigenvalue weighted by Gasteiger charge is -2.23. The molecule has 0 amide bonds. The Hall–Kier alpha value is -1.03. The highest BCUT2D eigenvalue weighted by Crippen LogP contribution is 2.27. The molecule has 1 N–H and O–H groups in total. The zero-order chi connectivity index (χ0) is 11.0. The molecule has 1 aliphatic rings. The lowest BCUT2D eigenvalue weighted by molar-refractivity contribution is -0.138. The SMILES string of the molecule is Cc1nc(Cl)n2c1CCC(CC(=O)O)C2. The van der Waals surface area contributed by atoms with Gasteiger partial charge in [0, 0.05) is 18.7 Å². The number of aliphatic carboxylic acids is 1. The van der Waals surface area contributed by atoms with Crippen LogP contribution in [-0.2, 0) is 17.8 Å². The second kappa shape index (κ2) is 3.85. The number of carbonyl (C=O) groups is 1. The average Bonchev–Trinajstić information content (AvgIpc) is 2.41. The Morgan fingerprint density at radius 1 is 1.73 bits per heavy atom. The van der Waals surface area contributed by atoms with Crippen LogP contribution in [0.15, 0.2) is 0 Å². The number of fused-ring (bicyclic) bond motifs is 1. The van der Waals surface area contributed by atoms with Crippen molar-refractivity contribution in [3.8, 4) is 0 Å². The number of imidazole rings is 1. The summed E-state index contributed by atoms with van der Waals surface area (Å²) in [4.78, 5) is 14.8. The molecule has 0 fully saturated rings. The normalized spacial score (nSPS) is 20.0. The minimum Gasteiger partial charge on any atom is -0.481 e. The molecule has 2 heterocycles. The fourth-order valence-corrected chi connectivity index (χ4v) is 2.47. The molecule has 0 spiro atoms. The maximum Gasteiger partial charge on any atom is 0.303 e. The van der Waals surface area contributed by atoms with Crippen LogP contribution in [0.5, 0.6) is 0 Å². The molecule has 1 atom stereocenters. The van der Waals surface area contributed by atoms with Crippen molar-refractivity contribution >= 4 is 17.6 Å². The molecule has 0 aliphatic carbocycles. The zero-order valence-corrected chi connectivity index (χ0v) is 9.29. The highest BCUT2D eigenvalue weighted by atomic mass is 35.5. The monoisotopic (exact) mass is 228 g/mol. The van der Waals surface area contributed by atoms with Gasteiger partial charge in [-0.25, -0.2) is 4.98 Å². The van der Waals surface area contributed by atoms with E-state index in [1.54, 1.807) is 0 Å². The molecule has 1 aliphatic heterocycles. The van der Waals surface area contributed by atoms with E-state index in [1.165, 1.54) is 0 Å². The largest absolute Gasteiger partial charge is 0.481 e. The molecular formula is C10H13ClN2O2. The van der Waals surface area contributed by atoms with Crippen LogP contribution < -0.4 is 0 Å². The molecule has 4 nitrogen and oxygen atoms in total. The van der Waals surface area contributed by atoms with Crippen molar-refractivity contribution < 1.29 is 9.90 Å². The minimum absolute atomic E-state index is 0.182. The molecule has 1 aromatic rings. The highest BCUT2D eigenvalue weighted by Gasteiger charge is 2.24. The summed E-state index contributed by atoms with van der Waals surface area (Å²) in [6, 6.07) is 0. The molecule has 5 heteroatoms. The summed E-state index contributed by atoms with van der Waals surface area (Å²) in [5.41, 5.74) is 2.12. The fraction of sp³-hybridized carbons (Fsp3) is 0.600. The van der Waals surface area contributed by atoms with Gasteiger partial charge in [-0.2, -0.15) is 0 Å². The Kier molecular flexibility index (Phi) is 2.69. The third kappa shape index (κ3) is 2.00. The van der Waals surface area contributed by atoms with Crippen molar-refractivity contribution in [3.63, 3.8) is 0 Å². The van der Waals surface area contributed by atoms with E-state index in [-0.39, 0.29) is 12.3 Å². The number of carboxylic acid groups (broad SMARTS) is 1. The van der Waals surface area contributed by atoms with E-state index in [9.17, 15) is 4.79 Å². The number of carboxylic acids is 1. The van der Waals surface area contributed by atoms with Gasteiger partial charge in [0.25, 0.3) is 0 Å². The van der Waals surface area contributed by atoms with E-state index < -0.39 is 5.97 Å². The van der Waals surface area contributed by atoms with Crippen LogP contribution in [-0.4, -0.2) is 20.6 Å². The Bertz CT molecular complexity index is 400. The molecule has 0 radical (unpaired) electrons. The summed E-state index contributed by atoms with van der Waals surface area (Å²) in [5.74, 6) is -0.558. The summed E-state index contributed by atoms with van der Waals surface area (Å²) in [7, 11) is 0. The van der Waals surface area contributed by atoms with Gasteiger partial charge >= 0.3 is 5.97 Å². The first-order chi connectivity index (χ1) is 7.08. The number of aromatic nitrogens is 2. The van der Waals surface area contributed by atoms with Gasteiger partial charge < -0.3 is 9.67 Å². The number of hydrogen-bond acceptors (Lipinski definition) is 2. The number of rotatable bonds is 2. The van der Waals surface area contributed by atoms with Crippen molar-refractivity contribution in [2.45, 2.75) is 32.7 Å². The smallest absolute Gasteiger partial charge is 0.303 e. The molecule has 0 bridgehead atoms. The molecule has 1 aromatic heterocycles. The zero-order valence-electron chi connectivity index (χ0n) is 8.53. The third-order valence-electron chi connectivity index (χ3n) is 2.92. The van der Waals surface area contributed by atoms with Crippen LogP contribution in [0.2, 0.25) is 5.28 Å². The Balaban J connectivity index is 2.19. The van der Waals surface area contributed by atoms with Crippen LogP contribution in [0, 0.1) is 12.8 Å². The topological polar surface area (TPSA) is 55.1 Å². The molecule has 1 unspecified atom stereocenters. The fourth-order valence-electron chi connectivity index (χ4n) is 2.18. The summed E-state index contributed by atoms with van der Waals surface area (Å²) in [6.45, 7) is 2.62. The predicted octanol–water partition coefficient (Wildman–Crippen LogP) is 1.88. The van der Waals surface area contributed by atoms with Gasteiger partial charge in [-0.15, -0.1) is 0 Å². The van der Waals surface area contributed by atoms with E-state index in [0.717, 1.165) is 24.2 Å². The van der Waals surface area contributed by atoms with Gasteiger partial charge in [-0.1, -0.05) is 0 Å². The molecular weight excluding hydrogens is 216 g/mol. The summed E-state index contributed by atoms with van der Waals surface area (Å²) in [5, 5.41) is 9.21. The first-order valence-electron chi connectivity index (χ1n) is 5.01.